The number of anilines is 2. The van der Waals surface area contributed by atoms with Gasteiger partial charge in [-0.15, -0.1) is 0 Å². The average molecular weight is 187 g/mol. The van der Waals surface area contributed by atoms with E-state index in [-0.39, 0.29) is 0 Å². The number of nitrogens with zero attached hydrogens (tertiary/aromatic N) is 3. The summed E-state index contributed by atoms with van der Waals surface area (Å²) in [4.78, 5) is 12.0. The van der Waals surface area contributed by atoms with Gasteiger partial charge in [0.05, 0.1) is 11.9 Å². The third-order valence-corrected chi connectivity index (χ3v) is 1.79. The van der Waals surface area contributed by atoms with Crippen LogP contribution in [0.15, 0.2) is 30.7 Å². The maximum absolute atomic E-state index is 5.69. The fourth-order valence-electron chi connectivity index (χ4n) is 1.15. The molecule has 5 nitrogen and oxygen atoms in total. The van der Waals surface area contributed by atoms with Crippen LogP contribution in [-0.2, 0) is 0 Å². The minimum Gasteiger partial charge on any atom is -0.384 e. The van der Waals surface area contributed by atoms with Gasteiger partial charge in [-0.3, -0.25) is 9.97 Å². The van der Waals surface area contributed by atoms with Gasteiger partial charge < -0.3 is 11.5 Å². The smallest absolute Gasteiger partial charge is 0.135 e. The zero-order chi connectivity index (χ0) is 9.97. The van der Waals surface area contributed by atoms with Crippen molar-refractivity contribution in [3.05, 3.63) is 30.7 Å². The molecule has 2 aromatic heterocycles. The molecule has 2 rings (SSSR count). The zero-order valence-electron chi connectivity index (χ0n) is 7.38. The van der Waals surface area contributed by atoms with Crippen molar-refractivity contribution in [2.45, 2.75) is 0 Å². The van der Waals surface area contributed by atoms with Crippen LogP contribution in [0.3, 0.4) is 0 Å². The molecule has 70 valence electrons. The second-order valence-corrected chi connectivity index (χ2v) is 2.76. The van der Waals surface area contributed by atoms with E-state index in [9.17, 15) is 0 Å². The molecular formula is C9H9N5. The van der Waals surface area contributed by atoms with Gasteiger partial charge >= 0.3 is 0 Å². The number of pyridine rings is 1. The second kappa shape index (κ2) is 3.29. The number of rotatable bonds is 1. The largest absolute Gasteiger partial charge is 0.384 e. The summed E-state index contributed by atoms with van der Waals surface area (Å²) in [5.41, 5.74) is 12.6. The highest BCUT2D eigenvalue weighted by atomic mass is 14.9. The highest BCUT2D eigenvalue weighted by Crippen LogP contribution is 2.21. The van der Waals surface area contributed by atoms with Gasteiger partial charge in [-0.05, 0) is 12.1 Å². The third-order valence-electron chi connectivity index (χ3n) is 1.79. The molecule has 2 aromatic rings. The first-order valence-corrected chi connectivity index (χ1v) is 4.06. The summed E-state index contributed by atoms with van der Waals surface area (Å²) in [6.45, 7) is 0. The molecular weight excluding hydrogens is 178 g/mol. The molecule has 0 atom stereocenters. The molecule has 0 saturated carbocycles. The Labute approximate surface area is 80.8 Å². The fraction of sp³-hybridized carbons (Fsp3) is 0. The van der Waals surface area contributed by atoms with E-state index in [0.29, 0.717) is 17.3 Å². The highest BCUT2D eigenvalue weighted by molar-refractivity contribution is 5.71. The van der Waals surface area contributed by atoms with Crippen molar-refractivity contribution < 1.29 is 0 Å². The highest BCUT2D eigenvalue weighted by Gasteiger charge is 2.04. The van der Waals surface area contributed by atoms with Crippen LogP contribution >= 0.6 is 0 Å². The number of hydrogen-bond donors (Lipinski definition) is 2. The van der Waals surface area contributed by atoms with E-state index in [1.807, 2.05) is 0 Å². The van der Waals surface area contributed by atoms with Crippen LogP contribution < -0.4 is 11.5 Å². The molecule has 0 radical (unpaired) electrons. The number of nitrogens with two attached hydrogens (primary N) is 2. The Balaban J connectivity index is 2.53. The minimum atomic E-state index is 0.366. The van der Waals surface area contributed by atoms with Crippen molar-refractivity contribution in [3.63, 3.8) is 0 Å². The first-order valence-electron chi connectivity index (χ1n) is 4.06. The van der Waals surface area contributed by atoms with Crippen molar-refractivity contribution in [1.29, 1.82) is 0 Å². The Kier molecular flexibility index (Phi) is 1.98. The summed E-state index contributed by atoms with van der Waals surface area (Å²) in [7, 11) is 0. The van der Waals surface area contributed by atoms with Crippen LogP contribution in [0.2, 0.25) is 0 Å². The first-order chi connectivity index (χ1) is 6.77. The molecule has 2 heterocycles. The zero-order valence-corrected chi connectivity index (χ0v) is 7.38. The summed E-state index contributed by atoms with van der Waals surface area (Å²) in [6.07, 6.45) is 4.83. The molecule has 0 aromatic carbocycles. The number of hydrogen-bond acceptors (Lipinski definition) is 5. The standard InChI is InChI=1S/C9H9N5/c10-8-2-1-6(9(11)14-8)7-5-12-3-4-13-7/h1-5H,(H4,10,11,14). The Morgan fingerprint density at radius 1 is 1.07 bits per heavy atom. The summed E-state index contributed by atoms with van der Waals surface area (Å²) in [5.74, 6) is 0.764. The van der Waals surface area contributed by atoms with Gasteiger partial charge in [0.25, 0.3) is 0 Å². The monoisotopic (exact) mass is 187 g/mol. The summed E-state index contributed by atoms with van der Waals surface area (Å²) in [5, 5.41) is 0. The molecule has 5 heteroatoms. The van der Waals surface area contributed by atoms with Crippen LogP contribution in [-0.4, -0.2) is 15.0 Å². The summed E-state index contributed by atoms with van der Waals surface area (Å²) in [6, 6.07) is 3.46. The van der Waals surface area contributed by atoms with Crippen molar-refractivity contribution in [3.8, 4) is 11.3 Å². The maximum Gasteiger partial charge on any atom is 0.135 e. The molecule has 0 amide bonds. The Bertz CT molecular complexity index is 440. The predicted molar refractivity (Wildman–Crippen MR) is 54.1 cm³/mol. The average Bonchev–Trinajstić information content (AvgIpc) is 2.19. The lowest BCUT2D eigenvalue weighted by atomic mass is 10.2. The van der Waals surface area contributed by atoms with E-state index in [1.165, 1.54) is 0 Å². The van der Waals surface area contributed by atoms with E-state index in [1.54, 1.807) is 30.7 Å². The van der Waals surface area contributed by atoms with Crippen molar-refractivity contribution >= 4 is 11.6 Å². The molecule has 0 aliphatic carbocycles. The topological polar surface area (TPSA) is 90.7 Å². The molecule has 0 aliphatic rings. The minimum absolute atomic E-state index is 0.366. The summed E-state index contributed by atoms with van der Waals surface area (Å²) >= 11 is 0. The van der Waals surface area contributed by atoms with Crippen LogP contribution in [0, 0.1) is 0 Å². The van der Waals surface area contributed by atoms with Gasteiger partial charge in [-0.1, -0.05) is 0 Å². The lowest BCUT2D eigenvalue weighted by Crippen LogP contribution is -1.99. The molecule has 0 bridgehead atoms. The molecule has 0 fully saturated rings. The van der Waals surface area contributed by atoms with E-state index in [0.717, 1.165) is 5.56 Å². The van der Waals surface area contributed by atoms with Gasteiger partial charge in [-0.25, -0.2) is 4.98 Å². The van der Waals surface area contributed by atoms with Crippen LogP contribution in [0.1, 0.15) is 0 Å². The SMILES string of the molecule is Nc1ccc(-c2cnccn2)c(N)n1. The third kappa shape index (κ3) is 1.47. The van der Waals surface area contributed by atoms with E-state index >= 15 is 0 Å². The lowest BCUT2D eigenvalue weighted by Gasteiger charge is -2.03. The Morgan fingerprint density at radius 2 is 1.93 bits per heavy atom. The quantitative estimate of drug-likeness (QED) is 0.685. The van der Waals surface area contributed by atoms with Crippen molar-refractivity contribution in [2.24, 2.45) is 0 Å². The lowest BCUT2D eigenvalue weighted by molar-refractivity contribution is 1.20. The van der Waals surface area contributed by atoms with E-state index in [4.69, 9.17) is 11.5 Å². The van der Waals surface area contributed by atoms with Gasteiger partial charge in [0.1, 0.15) is 11.6 Å². The molecule has 14 heavy (non-hydrogen) atoms. The number of nitrogen functional groups attached to an aromatic ring is 2. The van der Waals surface area contributed by atoms with E-state index < -0.39 is 0 Å². The molecule has 4 N–H and O–H groups in total. The molecule has 0 saturated heterocycles. The second-order valence-electron chi connectivity index (χ2n) is 2.76. The van der Waals surface area contributed by atoms with Crippen LogP contribution in [0.4, 0.5) is 11.6 Å². The van der Waals surface area contributed by atoms with Crippen LogP contribution in [0.25, 0.3) is 11.3 Å². The van der Waals surface area contributed by atoms with Crippen LogP contribution in [0.5, 0.6) is 0 Å². The normalized spacial score (nSPS) is 10.0. The molecule has 0 spiro atoms. The summed E-state index contributed by atoms with van der Waals surface area (Å²) < 4.78 is 0. The fourth-order valence-corrected chi connectivity index (χ4v) is 1.15. The predicted octanol–water partition coefficient (Wildman–Crippen LogP) is 0.703. The maximum atomic E-state index is 5.69. The van der Waals surface area contributed by atoms with Gasteiger partial charge in [0, 0.05) is 18.0 Å². The van der Waals surface area contributed by atoms with Gasteiger partial charge in [0.15, 0.2) is 0 Å². The van der Waals surface area contributed by atoms with E-state index in [2.05, 4.69) is 15.0 Å². The molecule has 0 aliphatic heterocycles. The first kappa shape index (κ1) is 8.43. The van der Waals surface area contributed by atoms with Gasteiger partial charge in [0.2, 0.25) is 0 Å². The molecule has 0 unspecified atom stereocenters. The number of aromatic nitrogens is 3. The van der Waals surface area contributed by atoms with Crippen molar-refractivity contribution in [1.82, 2.24) is 15.0 Å². The van der Waals surface area contributed by atoms with Gasteiger partial charge in [-0.2, -0.15) is 0 Å². The Hall–Kier alpha value is -2.17. The Morgan fingerprint density at radius 3 is 2.57 bits per heavy atom. The van der Waals surface area contributed by atoms with Crippen molar-refractivity contribution in [2.75, 3.05) is 11.5 Å².